The third-order valence-corrected chi connectivity index (χ3v) is 4.26. The summed E-state index contributed by atoms with van der Waals surface area (Å²) in [5.74, 6) is 0.243. The lowest BCUT2D eigenvalue weighted by atomic mass is 10.2. The Morgan fingerprint density at radius 2 is 1.65 bits per heavy atom. The zero-order valence-electron chi connectivity index (χ0n) is 11.9. The van der Waals surface area contributed by atoms with E-state index in [2.05, 4.69) is 37.3 Å². The second kappa shape index (κ2) is 8.06. The Bertz CT molecular complexity index is 279. The molecule has 0 aromatic carbocycles. The van der Waals surface area contributed by atoms with Crippen molar-refractivity contribution in [2.24, 2.45) is 0 Å². The number of sulfonamides is 1. The van der Waals surface area contributed by atoms with E-state index in [0.29, 0.717) is 18.6 Å². The number of nitrogens with one attached hydrogen (secondary N) is 1. The Morgan fingerprint density at radius 3 is 2.06 bits per heavy atom. The molecule has 0 fully saturated rings. The minimum absolute atomic E-state index is 0.243. The first-order chi connectivity index (χ1) is 7.80. The number of nitrogens with zero attached hydrogens (tertiary/aromatic N) is 1. The second-order valence-electron chi connectivity index (χ2n) is 4.99. The van der Waals surface area contributed by atoms with Gasteiger partial charge < -0.3 is 0 Å². The summed E-state index contributed by atoms with van der Waals surface area (Å²) >= 11 is 0. The molecule has 0 aliphatic rings. The fourth-order valence-electron chi connectivity index (χ4n) is 1.85. The summed E-state index contributed by atoms with van der Waals surface area (Å²) in [5.41, 5.74) is 0. The zero-order chi connectivity index (χ0) is 13.5. The van der Waals surface area contributed by atoms with Gasteiger partial charge >= 0.3 is 0 Å². The quantitative estimate of drug-likeness (QED) is 0.691. The van der Waals surface area contributed by atoms with Gasteiger partial charge in [-0.15, -0.1) is 0 Å². The highest BCUT2D eigenvalue weighted by molar-refractivity contribution is 7.89. The molecule has 104 valence electrons. The average Bonchev–Trinajstić information content (AvgIpc) is 2.20. The summed E-state index contributed by atoms with van der Waals surface area (Å²) in [4.78, 5) is 2.28. The van der Waals surface area contributed by atoms with Crippen LogP contribution in [0.2, 0.25) is 0 Å². The lowest BCUT2D eigenvalue weighted by Gasteiger charge is -2.30. The van der Waals surface area contributed by atoms with Gasteiger partial charge in [-0.05, 0) is 34.1 Å². The number of hydrogen-bond donors (Lipinski definition) is 1. The fraction of sp³-hybridized carbons (Fsp3) is 1.00. The van der Waals surface area contributed by atoms with Crippen LogP contribution >= 0.6 is 0 Å². The molecule has 5 heteroatoms. The van der Waals surface area contributed by atoms with Crippen LogP contribution < -0.4 is 4.72 Å². The molecular weight excluding hydrogens is 236 g/mol. The van der Waals surface area contributed by atoms with E-state index in [4.69, 9.17) is 0 Å². The molecule has 0 amide bonds. The molecular formula is C12H28N2O2S. The second-order valence-corrected chi connectivity index (χ2v) is 6.92. The maximum atomic E-state index is 11.6. The molecule has 0 aliphatic heterocycles. The van der Waals surface area contributed by atoms with Gasteiger partial charge in [-0.1, -0.05) is 13.3 Å². The molecule has 0 aliphatic carbocycles. The summed E-state index contributed by atoms with van der Waals surface area (Å²) < 4.78 is 25.8. The molecule has 4 nitrogen and oxygen atoms in total. The van der Waals surface area contributed by atoms with Crippen LogP contribution in [0.4, 0.5) is 0 Å². The normalized spacial score (nSPS) is 12.9. The predicted molar refractivity (Wildman–Crippen MR) is 73.7 cm³/mol. The van der Waals surface area contributed by atoms with E-state index in [0.717, 1.165) is 19.4 Å². The standard InChI is InChI=1S/C12H28N2O2S/c1-6-7-10-17(15,16)13-8-9-14(11(2)3)12(4)5/h11-13H,6-10H2,1-5H3. The van der Waals surface area contributed by atoms with Crippen molar-refractivity contribution in [2.75, 3.05) is 18.8 Å². The van der Waals surface area contributed by atoms with E-state index in [-0.39, 0.29) is 5.75 Å². The van der Waals surface area contributed by atoms with Gasteiger partial charge in [0.2, 0.25) is 10.0 Å². The van der Waals surface area contributed by atoms with Gasteiger partial charge in [0.05, 0.1) is 5.75 Å². The van der Waals surface area contributed by atoms with Gasteiger partial charge in [0.1, 0.15) is 0 Å². The first-order valence-electron chi connectivity index (χ1n) is 6.53. The van der Waals surface area contributed by atoms with Gasteiger partial charge in [-0.3, -0.25) is 4.90 Å². The van der Waals surface area contributed by atoms with Crippen LogP contribution in [0.1, 0.15) is 47.5 Å². The summed E-state index contributed by atoms with van der Waals surface area (Å²) in [7, 11) is -3.07. The zero-order valence-corrected chi connectivity index (χ0v) is 12.7. The Morgan fingerprint density at radius 1 is 1.12 bits per heavy atom. The van der Waals surface area contributed by atoms with Gasteiger partial charge in [0.15, 0.2) is 0 Å². The number of hydrogen-bond acceptors (Lipinski definition) is 3. The van der Waals surface area contributed by atoms with E-state index in [1.54, 1.807) is 0 Å². The number of unbranched alkanes of at least 4 members (excludes halogenated alkanes) is 1. The van der Waals surface area contributed by atoms with Crippen molar-refractivity contribution in [1.82, 2.24) is 9.62 Å². The van der Waals surface area contributed by atoms with E-state index >= 15 is 0 Å². The number of rotatable bonds is 9. The molecule has 0 bridgehead atoms. The molecule has 0 saturated carbocycles. The van der Waals surface area contributed by atoms with Crippen LogP contribution in [0.3, 0.4) is 0 Å². The molecule has 0 heterocycles. The van der Waals surface area contributed by atoms with Gasteiger partial charge in [0.25, 0.3) is 0 Å². The SMILES string of the molecule is CCCCS(=O)(=O)NCCN(C(C)C)C(C)C. The largest absolute Gasteiger partial charge is 0.297 e. The minimum Gasteiger partial charge on any atom is -0.297 e. The van der Waals surface area contributed by atoms with Gasteiger partial charge in [-0.25, -0.2) is 13.1 Å². The van der Waals surface area contributed by atoms with Crippen LogP contribution in [-0.4, -0.2) is 44.2 Å². The fourth-order valence-corrected chi connectivity index (χ4v) is 3.06. The highest BCUT2D eigenvalue weighted by Gasteiger charge is 2.14. The van der Waals surface area contributed by atoms with Gasteiger partial charge in [-0.2, -0.15) is 0 Å². The summed E-state index contributed by atoms with van der Waals surface area (Å²) in [6.07, 6.45) is 1.64. The van der Waals surface area contributed by atoms with E-state index in [9.17, 15) is 8.42 Å². The van der Waals surface area contributed by atoms with Crippen molar-refractivity contribution in [3.05, 3.63) is 0 Å². The van der Waals surface area contributed by atoms with Crippen LogP contribution in [0.5, 0.6) is 0 Å². The Kier molecular flexibility index (Phi) is 8.00. The molecule has 0 atom stereocenters. The molecule has 17 heavy (non-hydrogen) atoms. The minimum atomic E-state index is -3.07. The van der Waals surface area contributed by atoms with Crippen LogP contribution in [0.25, 0.3) is 0 Å². The lowest BCUT2D eigenvalue weighted by Crippen LogP contribution is -2.42. The smallest absolute Gasteiger partial charge is 0.211 e. The third-order valence-electron chi connectivity index (χ3n) is 2.79. The summed E-state index contributed by atoms with van der Waals surface area (Å²) in [6.45, 7) is 11.8. The van der Waals surface area contributed by atoms with E-state index in [1.165, 1.54) is 0 Å². The highest BCUT2D eigenvalue weighted by atomic mass is 32.2. The Balaban J connectivity index is 4.04. The Hall–Kier alpha value is -0.130. The van der Waals surface area contributed by atoms with Crippen molar-refractivity contribution in [1.29, 1.82) is 0 Å². The third kappa shape index (κ3) is 7.73. The van der Waals surface area contributed by atoms with Crippen molar-refractivity contribution >= 4 is 10.0 Å². The summed E-state index contributed by atoms with van der Waals surface area (Å²) in [6, 6.07) is 0.880. The first kappa shape index (κ1) is 16.9. The molecule has 0 rings (SSSR count). The summed E-state index contributed by atoms with van der Waals surface area (Å²) in [5, 5.41) is 0. The van der Waals surface area contributed by atoms with Crippen molar-refractivity contribution < 1.29 is 8.42 Å². The molecule has 0 unspecified atom stereocenters. The Labute approximate surface area is 107 Å². The highest BCUT2D eigenvalue weighted by Crippen LogP contribution is 2.03. The van der Waals surface area contributed by atoms with Crippen molar-refractivity contribution in [3.63, 3.8) is 0 Å². The van der Waals surface area contributed by atoms with Gasteiger partial charge in [0, 0.05) is 25.2 Å². The monoisotopic (exact) mass is 264 g/mol. The first-order valence-corrected chi connectivity index (χ1v) is 8.18. The van der Waals surface area contributed by atoms with Crippen molar-refractivity contribution in [3.8, 4) is 0 Å². The molecule has 0 spiro atoms. The maximum absolute atomic E-state index is 11.6. The van der Waals surface area contributed by atoms with Crippen LogP contribution in [0.15, 0.2) is 0 Å². The van der Waals surface area contributed by atoms with Crippen molar-refractivity contribution in [2.45, 2.75) is 59.5 Å². The topological polar surface area (TPSA) is 49.4 Å². The van der Waals surface area contributed by atoms with E-state index < -0.39 is 10.0 Å². The van der Waals surface area contributed by atoms with Crippen LogP contribution in [-0.2, 0) is 10.0 Å². The predicted octanol–water partition coefficient (Wildman–Crippen LogP) is 1.82. The van der Waals surface area contributed by atoms with Crippen LogP contribution in [0, 0.1) is 0 Å². The average molecular weight is 264 g/mol. The molecule has 0 radical (unpaired) electrons. The molecule has 0 aromatic rings. The molecule has 1 N–H and O–H groups in total. The van der Waals surface area contributed by atoms with E-state index in [1.807, 2.05) is 6.92 Å². The maximum Gasteiger partial charge on any atom is 0.211 e. The molecule has 0 saturated heterocycles. The lowest BCUT2D eigenvalue weighted by molar-refractivity contribution is 0.179. The molecule has 0 aromatic heterocycles.